The van der Waals surface area contributed by atoms with Crippen LogP contribution in [0.15, 0.2) is 36.7 Å². The van der Waals surface area contributed by atoms with Crippen LogP contribution in [0.25, 0.3) is 11.0 Å². The molecule has 0 saturated carbocycles. The van der Waals surface area contributed by atoms with Crippen molar-refractivity contribution in [3.63, 3.8) is 0 Å². The zero-order valence-electron chi connectivity index (χ0n) is 15.8. The molecule has 2 atom stereocenters. The van der Waals surface area contributed by atoms with Gasteiger partial charge in [-0.3, -0.25) is 4.79 Å². The maximum absolute atomic E-state index is 13.2. The summed E-state index contributed by atoms with van der Waals surface area (Å²) in [6, 6.07) is 7.01. The number of aromatic nitrogens is 2. The zero-order chi connectivity index (χ0) is 19.9. The number of hydrogen-bond donors (Lipinski definition) is 3. The van der Waals surface area contributed by atoms with Crippen LogP contribution in [0.2, 0.25) is 5.02 Å². The van der Waals surface area contributed by atoms with E-state index in [2.05, 4.69) is 20.6 Å². The lowest BCUT2D eigenvalue weighted by molar-refractivity contribution is 0.0282. The molecule has 3 N–H and O–H groups in total. The largest absolute Gasteiger partial charge is 0.382 e. The fourth-order valence-corrected chi connectivity index (χ4v) is 3.91. The Balaban J connectivity index is 1.87. The van der Waals surface area contributed by atoms with Gasteiger partial charge in [0.1, 0.15) is 11.2 Å². The number of methoxy groups -OCH3 is 2. The Bertz CT molecular complexity index is 1050. The topological polar surface area (TPSA) is 88.3 Å². The average Bonchev–Trinajstić information content (AvgIpc) is 3.12. The Kier molecular flexibility index (Phi) is 4.74. The number of pyridine rings is 1. The van der Waals surface area contributed by atoms with Crippen LogP contribution in [0.1, 0.15) is 22.8 Å². The molecule has 8 heteroatoms. The minimum atomic E-state index is -0.549. The number of ether oxygens (including phenoxy) is 2. The number of benzene rings is 1. The smallest absolute Gasteiger partial charge is 0.196 e. The van der Waals surface area contributed by atoms with E-state index in [1.54, 1.807) is 50.9 Å². The quantitative estimate of drug-likeness (QED) is 0.566. The summed E-state index contributed by atoms with van der Waals surface area (Å²) in [4.78, 5) is 20.7. The summed E-state index contributed by atoms with van der Waals surface area (Å²) in [6.45, 7) is 2.40. The first kappa shape index (κ1) is 18.7. The molecule has 4 rings (SSSR count). The fourth-order valence-electron chi connectivity index (χ4n) is 3.69. The van der Waals surface area contributed by atoms with Crippen molar-refractivity contribution in [3.8, 4) is 0 Å². The molecule has 0 aliphatic carbocycles. The average molecular weight is 401 g/mol. The number of hydrogen-bond acceptors (Lipinski definition) is 6. The minimum absolute atomic E-state index is 0.170. The van der Waals surface area contributed by atoms with Gasteiger partial charge in [0.25, 0.3) is 0 Å². The zero-order valence-corrected chi connectivity index (χ0v) is 16.6. The second-order valence-corrected chi connectivity index (χ2v) is 7.42. The Hall–Kier alpha value is -2.61. The van der Waals surface area contributed by atoms with Gasteiger partial charge >= 0.3 is 0 Å². The van der Waals surface area contributed by atoms with E-state index in [9.17, 15) is 4.79 Å². The number of carbonyl (C=O) groups excluding carboxylic acids is 1. The molecular weight excluding hydrogens is 380 g/mol. The van der Waals surface area contributed by atoms with E-state index in [1.807, 2.05) is 6.92 Å². The molecular formula is C20H21ClN4O3. The number of anilines is 2. The van der Waals surface area contributed by atoms with Crippen LogP contribution < -0.4 is 10.6 Å². The number of ketones is 1. The van der Waals surface area contributed by atoms with E-state index in [4.69, 9.17) is 21.1 Å². The van der Waals surface area contributed by atoms with Crippen molar-refractivity contribution >= 4 is 39.8 Å². The van der Waals surface area contributed by atoms with Gasteiger partial charge in [0.05, 0.1) is 40.2 Å². The van der Waals surface area contributed by atoms with Gasteiger partial charge in [-0.25, -0.2) is 4.98 Å². The molecule has 0 spiro atoms. The van der Waals surface area contributed by atoms with Crippen LogP contribution >= 0.6 is 11.6 Å². The van der Waals surface area contributed by atoms with E-state index in [1.165, 1.54) is 0 Å². The maximum atomic E-state index is 13.2. The van der Waals surface area contributed by atoms with Gasteiger partial charge < -0.3 is 25.1 Å². The lowest BCUT2D eigenvalue weighted by Crippen LogP contribution is -2.57. The Morgan fingerprint density at radius 1 is 1.29 bits per heavy atom. The number of nitrogens with one attached hydrogen (secondary N) is 3. The molecule has 146 valence electrons. The third-order valence-corrected chi connectivity index (χ3v) is 5.35. The number of H-pyrrole nitrogens is 1. The van der Waals surface area contributed by atoms with Crippen molar-refractivity contribution in [2.45, 2.75) is 18.7 Å². The predicted molar refractivity (Wildman–Crippen MR) is 109 cm³/mol. The van der Waals surface area contributed by atoms with Crippen molar-refractivity contribution in [3.05, 3.63) is 52.8 Å². The van der Waals surface area contributed by atoms with E-state index in [0.29, 0.717) is 33.8 Å². The number of aromatic amines is 1. The summed E-state index contributed by atoms with van der Waals surface area (Å²) in [5, 5.41) is 7.96. The maximum Gasteiger partial charge on any atom is 0.196 e. The SMILES string of the molecule is COC[C@]1(C)Nc2c(cnc3[nH]cc(C(=O)c4ccccc4Cl)c23)NC1OC. The predicted octanol–water partition coefficient (Wildman–Crippen LogP) is 3.66. The highest BCUT2D eigenvalue weighted by atomic mass is 35.5. The normalized spacial score (nSPS) is 21.1. The van der Waals surface area contributed by atoms with E-state index in [-0.39, 0.29) is 12.0 Å². The summed E-state index contributed by atoms with van der Waals surface area (Å²) in [5.41, 5.74) is 2.53. The van der Waals surface area contributed by atoms with Gasteiger partial charge in [-0.05, 0) is 19.1 Å². The lowest BCUT2D eigenvalue weighted by Gasteiger charge is -2.43. The van der Waals surface area contributed by atoms with Gasteiger partial charge in [0.2, 0.25) is 0 Å². The van der Waals surface area contributed by atoms with Gasteiger partial charge in [-0.1, -0.05) is 23.7 Å². The van der Waals surface area contributed by atoms with Crippen molar-refractivity contribution in [2.24, 2.45) is 0 Å². The van der Waals surface area contributed by atoms with Crippen molar-refractivity contribution in [2.75, 3.05) is 31.5 Å². The highest BCUT2D eigenvalue weighted by molar-refractivity contribution is 6.35. The molecule has 3 heterocycles. The Labute approximate surface area is 167 Å². The number of carbonyl (C=O) groups is 1. The molecule has 0 amide bonds. The summed E-state index contributed by atoms with van der Waals surface area (Å²) in [7, 11) is 3.27. The standard InChI is InChI=1S/C20H21ClN4O3/c1-20(10-27-2)19(28-3)24-14-9-23-18-15(16(14)25-20)12(8-22-18)17(26)11-6-4-5-7-13(11)21/h4-9,19,24-25H,10H2,1-3H3,(H,22,23)/t19?,20-/m0/s1. The number of fused-ring (bicyclic) bond motifs is 3. The van der Waals surface area contributed by atoms with Crippen LogP contribution in [-0.2, 0) is 9.47 Å². The monoisotopic (exact) mass is 400 g/mol. The van der Waals surface area contributed by atoms with Crippen LogP contribution in [0, 0.1) is 0 Å². The van der Waals surface area contributed by atoms with E-state index < -0.39 is 5.54 Å². The molecule has 28 heavy (non-hydrogen) atoms. The second-order valence-electron chi connectivity index (χ2n) is 7.02. The molecule has 1 aromatic carbocycles. The molecule has 3 aromatic rings. The molecule has 7 nitrogen and oxygen atoms in total. The highest BCUT2D eigenvalue weighted by Gasteiger charge is 2.40. The van der Waals surface area contributed by atoms with Gasteiger partial charge in [0.15, 0.2) is 12.0 Å². The molecule has 1 unspecified atom stereocenters. The van der Waals surface area contributed by atoms with Crippen molar-refractivity contribution in [1.82, 2.24) is 9.97 Å². The lowest BCUT2D eigenvalue weighted by atomic mass is 9.95. The number of rotatable bonds is 5. The molecule has 1 aliphatic rings. The second kappa shape index (κ2) is 7.09. The first-order valence-corrected chi connectivity index (χ1v) is 9.22. The van der Waals surface area contributed by atoms with Crippen LogP contribution in [-0.4, -0.2) is 48.3 Å². The molecule has 0 fully saturated rings. The van der Waals surface area contributed by atoms with Crippen LogP contribution in [0.3, 0.4) is 0 Å². The molecule has 1 aliphatic heterocycles. The molecule has 2 aromatic heterocycles. The number of halogens is 1. The van der Waals surface area contributed by atoms with Gasteiger partial charge in [0, 0.05) is 26.0 Å². The van der Waals surface area contributed by atoms with Crippen LogP contribution in [0.4, 0.5) is 11.4 Å². The van der Waals surface area contributed by atoms with E-state index >= 15 is 0 Å². The summed E-state index contributed by atoms with van der Waals surface area (Å²) >= 11 is 6.25. The first-order valence-electron chi connectivity index (χ1n) is 8.84. The Morgan fingerprint density at radius 2 is 2.07 bits per heavy atom. The van der Waals surface area contributed by atoms with Gasteiger partial charge in [-0.2, -0.15) is 0 Å². The molecule has 0 radical (unpaired) electrons. The summed E-state index contributed by atoms with van der Waals surface area (Å²) in [5.74, 6) is -0.170. The van der Waals surface area contributed by atoms with E-state index in [0.717, 1.165) is 11.4 Å². The van der Waals surface area contributed by atoms with Gasteiger partial charge in [-0.15, -0.1) is 0 Å². The van der Waals surface area contributed by atoms with Crippen molar-refractivity contribution < 1.29 is 14.3 Å². The number of nitrogens with zero attached hydrogens (tertiary/aromatic N) is 1. The molecule has 0 saturated heterocycles. The Morgan fingerprint density at radius 3 is 2.79 bits per heavy atom. The summed E-state index contributed by atoms with van der Waals surface area (Å²) < 4.78 is 11.0. The third-order valence-electron chi connectivity index (χ3n) is 5.02. The molecule has 0 bridgehead atoms. The van der Waals surface area contributed by atoms with Crippen molar-refractivity contribution in [1.29, 1.82) is 0 Å². The highest BCUT2D eigenvalue weighted by Crippen LogP contribution is 2.40. The summed E-state index contributed by atoms with van der Waals surface area (Å²) in [6.07, 6.45) is 3.05. The minimum Gasteiger partial charge on any atom is -0.382 e. The fraction of sp³-hybridized carbons (Fsp3) is 0.300. The first-order chi connectivity index (χ1) is 13.5. The van der Waals surface area contributed by atoms with Crippen LogP contribution in [0.5, 0.6) is 0 Å². The third kappa shape index (κ3) is 2.92.